The highest BCUT2D eigenvalue weighted by Crippen LogP contribution is 2.20. The fourth-order valence-electron chi connectivity index (χ4n) is 1.57. The molecule has 3 nitrogen and oxygen atoms in total. The van der Waals surface area contributed by atoms with Gasteiger partial charge in [0, 0.05) is 18.0 Å². The van der Waals surface area contributed by atoms with Crippen molar-refractivity contribution in [1.82, 2.24) is 9.66 Å². The van der Waals surface area contributed by atoms with E-state index in [4.69, 9.17) is 5.84 Å². The average Bonchev–Trinajstić information content (AvgIpc) is 2.64. The molecular weight excluding hydrogens is 174 g/mol. The molecule has 3 heteroatoms. The van der Waals surface area contributed by atoms with E-state index in [1.165, 1.54) is 5.56 Å². The molecule has 0 spiro atoms. The van der Waals surface area contributed by atoms with Crippen LogP contribution in [0.1, 0.15) is 12.5 Å². The fourth-order valence-corrected chi connectivity index (χ4v) is 1.57. The number of aromatic nitrogens is 2. The molecule has 0 bridgehead atoms. The predicted molar refractivity (Wildman–Crippen MR) is 57.2 cm³/mol. The summed E-state index contributed by atoms with van der Waals surface area (Å²) in [6.07, 6.45) is 4.45. The van der Waals surface area contributed by atoms with Gasteiger partial charge in [-0.15, -0.1) is 0 Å². The second-order valence-corrected chi connectivity index (χ2v) is 3.17. The van der Waals surface area contributed by atoms with Crippen molar-refractivity contribution in [2.45, 2.75) is 13.3 Å². The minimum absolute atomic E-state index is 0.822. The topological polar surface area (TPSA) is 43.8 Å². The van der Waals surface area contributed by atoms with Crippen LogP contribution < -0.4 is 5.84 Å². The van der Waals surface area contributed by atoms with E-state index in [0.717, 1.165) is 17.8 Å². The highest BCUT2D eigenvalue weighted by Gasteiger charge is 2.06. The van der Waals surface area contributed by atoms with Crippen molar-refractivity contribution in [1.29, 1.82) is 0 Å². The summed E-state index contributed by atoms with van der Waals surface area (Å²) < 4.78 is 1.55. The first-order chi connectivity index (χ1) is 6.83. The lowest BCUT2D eigenvalue weighted by Crippen LogP contribution is -2.09. The minimum Gasteiger partial charge on any atom is -0.338 e. The molecule has 0 saturated heterocycles. The molecule has 72 valence electrons. The van der Waals surface area contributed by atoms with Gasteiger partial charge in [-0.25, -0.2) is 4.98 Å². The molecule has 1 aromatic heterocycles. The molecule has 2 aromatic rings. The Morgan fingerprint density at radius 1 is 1.36 bits per heavy atom. The highest BCUT2D eigenvalue weighted by atomic mass is 15.3. The summed E-state index contributed by atoms with van der Waals surface area (Å²) >= 11 is 0. The van der Waals surface area contributed by atoms with Gasteiger partial charge in [-0.05, 0) is 12.0 Å². The first-order valence-electron chi connectivity index (χ1n) is 4.69. The van der Waals surface area contributed by atoms with Gasteiger partial charge in [0.05, 0.1) is 0 Å². The Morgan fingerprint density at radius 2 is 2.14 bits per heavy atom. The fraction of sp³-hybridized carbons (Fsp3) is 0.182. The van der Waals surface area contributed by atoms with E-state index in [9.17, 15) is 0 Å². The van der Waals surface area contributed by atoms with Gasteiger partial charge >= 0.3 is 0 Å². The number of nitrogens with zero attached hydrogens (tertiary/aromatic N) is 2. The molecule has 0 fully saturated rings. The van der Waals surface area contributed by atoms with E-state index in [1.807, 2.05) is 18.2 Å². The summed E-state index contributed by atoms with van der Waals surface area (Å²) in [7, 11) is 0. The molecule has 0 aliphatic heterocycles. The van der Waals surface area contributed by atoms with Gasteiger partial charge < -0.3 is 5.84 Å². The summed E-state index contributed by atoms with van der Waals surface area (Å²) in [5.74, 6) is 6.57. The third-order valence-electron chi connectivity index (χ3n) is 2.31. The third-order valence-corrected chi connectivity index (χ3v) is 2.31. The second kappa shape index (κ2) is 3.54. The summed E-state index contributed by atoms with van der Waals surface area (Å²) in [4.78, 5) is 4.23. The van der Waals surface area contributed by atoms with E-state index >= 15 is 0 Å². The quantitative estimate of drug-likeness (QED) is 0.729. The molecule has 0 amide bonds. The zero-order valence-electron chi connectivity index (χ0n) is 8.14. The van der Waals surface area contributed by atoms with Gasteiger partial charge in [0.15, 0.2) is 5.82 Å². The van der Waals surface area contributed by atoms with Crippen LogP contribution in [-0.4, -0.2) is 9.66 Å². The molecule has 2 rings (SSSR count). The van der Waals surface area contributed by atoms with Crippen molar-refractivity contribution in [2.75, 3.05) is 5.84 Å². The summed E-state index contributed by atoms with van der Waals surface area (Å²) in [5, 5.41) is 0. The molecule has 1 heterocycles. The van der Waals surface area contributed by atoms with E-state index in [0.29, 0.717) is 0 Å². The average molecular weight is 187 g/mol. The number of hydrogen-bond donors (Lipinski definition) is 1. The zero-order valence-corrected chi connectivity index (χ0v) is 8.14. The van der Waals surface area contributed by atoms with Crippen LogP contribution in [0.3, 0.4) is 0 Å². The highest BCUT2D eigenvalue weighted by molar-refractivity contribution is 5.60. The number of benzene rings is 1. The molecule has 0 saturated carbocycles. The van der Waals surface area contributed by atoms with Gasteiger partial charge in [0.2, 0.25) is 0 Å². The van der Waals surface area contributed by atoms with Crippen LogP contribution in [0, 0.1) is 0 Å². The van der Waals surface area contributed by atoms with E-state index in [2.05, 4.69) is 18.0 Å². The first kappa shape index (κ1) is 8.81. The SMILES string of the molecule is CCc1ccccc1-c1nccn1N. The number of aryl methyl sites for hydroxylation is 1. The van der Waals surface area contributed by atoms with Crippen molar-refractivity contribution < 1.29 is 0 Å². The van der Waals surface area contributed by atoms with Gasteiger partial charge in [-0.1, -0.05) is 31.2 Å². The summed E-state index contributed by atoms with van der Waals surface area (Å²) in [6, 6.07) is 8.18. The standard InChI is InChI=1S/C11H13N3/c1-2-9-5-3-4-6-10(9)11-13-7-8-14(11)12/h3-8H,2,12H2,1H3. The summed E-state index contributed by atoms with van der Waals surface area (Å²) in [5.41, 5.74) is 2.38. The van der Waals surface area contributed by atoms with Crippen LogP contribution >= 0.6 is 0 Å². The van der Waals surface area contributed by atoms with Crippen LogP contribution in [0.25, 0.3) is 11.4 Å². The molecule has 0 unspecified atom stereocenters. The Balaban J connectivity index is 2.56. The lowest BCUT2D eigenvalue weighted by Gasteiger charge is -2.06. The number of hydrogen-bond acceptors (Lipinski definition) is 2. The van der Waals surface area contributed by atoms with Crippen LogP contribution in [0.15, 0.2) is 36.7 Å². The molecule has 1 aromatic carbocycles. The van der Waals surface area contributed by atoms with Crippen LogP contribution in [0.4, 0.5) is 0 Å². The van der Waals surface area contributed by atoms with Crippen molar-refractivity contribution in [3.63, 3.8) is 0 Å². The second-order valence-electron chi connectivity index (χ2n) is 3.17. The normalized spacial score (nSPS) is 10.4. The van der Waals surface area contributed by atoms with Crippen molar-refractivity contribution in [3.05, 3.63) is 42.2 Å². The predicted octanol–water partition coefficient (Wildman–Crippen LogP) is 1.83. The molecular formula is C11H13N3. The molecule has 0 radical (unpaired) electrons. The maximum Gasteiger partial charge on any atom is 0.158 e. The molecule has 2 N–H and O–H groups in total. The summed E-state index contributed by atoms with van der Waals surface area (Å²) in [6.45, 7) is 2.13. The number of imidazole rings is 1. The van der Waals surface area contributed by atoms with Crippen LogP contribution in [0.5, 0.6) is 0 Å². The molecule has 0 aliphatic carbocycles. The van der Waals surface area contributed by atoms with Gasteiger partial charge in [-0.3, -0.25) is 4.68 Å². The Morgan fingerprint density at radius 3 is 2.79 bits per heavy atom. The first-order valence-corrected chi connectivity index (χ1v) is 4.69. The number of nitrogens with two attached hydrogens (primary N) is 1. The monoisotopic (exact) mass is 187 g/mol. The maximum atomic E-state index is 5.75. The lowest BCUT2D eigenvalue weighted by molar-refractivity contribution is 1.00. The maximum absolute atomic E-state index is 5.75. The Hall–Kier alpha value is -1.77. The van der Waals surface area contributed by atoms with Crippen molar-refractivity contribution >= 4 is 0 Å². The van der Waals surface area contributed by atoms with Crippen LogP contribution in [-0.2, 0) is 6.42 Å². The molecule has 14 heavy (non-hydrogen) atoms. The third kappa shape index (κ3) is 1.37. The number of nitrogen functional groups attached to an aromatic ring is 1. The van der Waals surface area contributed by atoms with E-state index in [-0.39, 0.29) is 0 Å². The van der Waals surface area contributed by atoms with Gasteiger partial charge in [-0.2, -0.15) is 0 Å². The number of rotatable bonds is 2. The largest absolute Gasteiger partial charge is 0.338 e. The van der Waals surface area contributed by atoms with E-state index in [1.54, 1.807) is 17.1 Å². The molecule has 0 atom stereocenters. The van der Waals surface area contributed by atoms with Gasteiger partial charge in [0.1, 0.15) is 0 Å². The van der Waals surface area contributed by atoms with Crippen molar-refractivity contribution in [2.24, 2.45) is 0 Å². The smallest absolute Gasteiger partial charge is 0.158 e. The Bertz CT molecular complexity index is 432. The van der Waals surface area contributed by atoms with E-state index < -0.39 is 0 Å². The Kier molecular flexibility index (Phi) is 2.23. The molecule has 0 aliphatic rings. The Labute approximate surface area is 83.2 Å². The van der Waals surface area contributed by atoms with Crippen molar-refractivity contribution in [3.8, 4) is 11.4 Å². The van der Waals surface area contributed by atoms with Crippen LogP contribution in [0.2, 0.25) is 0 Å². The zero-order chi connectivity index (χ0) is 9.97. The minimum atomic E-state index is 0.822. The lowest BCUT2D eigenvalue weighted by atomic mass is 10.1. The van der Waals surface area contributed by atoms with Gasteiger partial charge in [0.25, 0.3) is 0 Å².